The maximum atomic E-state index is 12.2. The fourth-order valence-electron chi connectivity index (χ4n) is 2.75. The van der Waals surface area contributed by atoms with Crippen molar-refractivity contribution in [3.8, 4) is 0 Å². The monoisotopic (exact) mass is 316 g/mol. The molecule has 1 aromatic rings. The third-order valence-corrected chi connectivity index (χ3v) is 7.23. The summed E-state index contributed by atoms with van der Waals surface area (Å²) in [4.78, 5) is 0.897. The molecule has 0 spiro atoms. The van der Waals surface area contributed by atoms with Crippen LogP contribution in [0, 0.1) is 11.8 Å². The Kier molecular flexibility index (Phi) is 5.60. The Morgan fingerprint density at radius 2 is 1.90 bits per heavy atom. The topological polar surface area (TPSA) is 72.2 Å². The van der Waals surface area contributed by atoms with Crippen molar-refractivity contribution in [1.29, 1.82) is 0 Å². The second-order valence-electron chi connectivity index (χ2n) is 5.57. The molecule has 1 aliphatic rings. The summed E-state index contributed by atoms with van der Waals surface area (Å²) in [6, 6.07) is 3.43. The standard InChI is InChI=1S/C14H24N2O2S2/c1-2-11-3-5-12(6-4-11)10-16-20(17,18)14-8-7-13(9-15)19-14/h7-8,11-12,16H,2-6,9-10,15H2,1H3. The average Bonchev–Trinajstić information content (AvgIpc) is 2.95. The van der Waals surface area contributed by atoms with Gasteiger partial charge >= 0.3 is 0 Å². The zero-order chi connectivity index (χ0) is 14.6. The minimum Gasteiger partial charge on any atom is -0.326 e. The molecule has 6 heteroatoms. The average molecular weight is 316 g/mol. The van der Waals surface area contributed by atoms with E-state index in [1.54, 1.807) is 12.1 Å². The molecule has 114 valence electrons. The minimum absolute atomic E-state index is 0.375. The van der Waals surface area contributed by atoms with Crippen molar-refractivity contribution >= 4 is 21.4 Å². The van der Waals surface area contributed by atoms with Gasteiger partial charge in [0.05, 0.1) is 0 Å². The highest BCUT2D eigenvalue weighted by atomic mass is 32.2. The van der Waals surface area contributed by atoms with Crippen LogP contribution in [0.4, 0.5) is 0 Å². The van der Waals surface area contributed by atoms with Crippen molar-refractivity contribution in [2.75, 3.05) is 6.54 Å². The lowest BCUT2D eigenvalue weighted by Gasteiger charge is -2.27. The van der Waals surface area contributed by atoms with E-state index < -0.39 is 10.0 Å². The molecule has 0 bridgehead atoms. The third kappa shape index (κ3) is 4.04. The largest absolute Gasteiger partial charge is 0.326 e. The molecule has 0 unspecified atom stereocenters. The molecule has 0 aromatic carbocycles. The van der Waals surface area contributed by atoms with Crippen LogP contribution < -0.4 is 10.5 Å². The molecule has 20 heavy (non-hydrogen) atoms. The molecular formula is C14H24N2O2S2. The van der Waals surface area contributed by atoms with Crippen LogP contribution in [-0.4, -0.2) is 15.0 Å². The second kappa shape index (κ2) is 7.02. The molecule has 2 rings (SSSR count). The van der Waals surface area contributed by atoms with E-state index >= 15 is 0 Å². The van der Waals surface area contributed by atoms with Gasteiger partial charge in [0.25, 0.3) is 0 Å². The van der Waals surface area contributed by atoms with Crippen LogP contribution in [0.1, 0.15) is 43.9 Å². The second-order valence-corrected chi connectivity index (χ2v) is 8.73. The van der Waals surface area contributed by atoms with Crippen molar-refractivity contribution in [3.05, 3.63) is 17.0 Å². The SMILES string of the molecule is CCC1CCC(CNS(=O)(=O)c2ccc(CN)s2)CC1. The third-order valence-electron chi connectivity index (χ3n) is 4.21. The molecule has 1 aromatic heterocycles. The lowest BCUT2D eigenvalue weighted by atomic mass is 9.81. The normalized spacial score (nSPS) is 23.9. The van der Waals surface area contributed by atoms with Gasteiger partial charge in [-0.3, -0.25) is 0 Å². The smallest absolute Gasteiger partial charge is 0.250 e. The van der Waals surface area contributed by atoms with Crippen molar-refractivity contribution in [1.82, 2.24) is 4.72 Å². The highest BCUT2D eigenvalue weighted by molar-refractivity contribution is 7.91. The van der Waals surface area contributed by atoms with E-state index in [1.165, 1.54) is 30.6 Å². The maximum Gasteiger partial charge on any atom is 0.250 e. The molecule has 4 nitrogen and oxygen atoms in total. The lowest BCUT2D eigenvalue weighted by molar-refractivity contribution is 0.270. The Morgan fingerprint density at radius 1 is 1.25 bits per heavy atom. The van der Waals surface area contributed by atoms with Gasteiger partial charge < -0.3 is 5.73 Å². The van der Waals surface area contributed by atoms with E-state index in [2.05, 4.69) is 11.6 Å². The molecule has 1 fully saturated rings. The van der Waals surface area contributed by atoms with Crippen LogP contribution in [0.3, 0.4) is 0 Å². The maximum absolute atomic E-state index is 12.2. The number of nitrogens with two attached hydrogens (primary N) is 1. The summed E-state index contributed by atoms with van der Waals surface area (Å²) in [5.41, 5.74) is 5.52. The van der Waals surface area contributed by atoms with Gasteiger partial charge in [-0.2, -0.15) is 0 Å². The van der Waals surface area contributed by atoms with E-state index in [0.29, 0.717) is 23.2 Å². The molecule has 1 aliphatic carbocycles. The summed E-state index contributed by atoms with van der Waals surface area (Å²) >= 11 is 1.25. The number of nitrogens with one attached hydrogen (secondary N) is 1. The summed E-state index contributed by atoms with van der Waals surface area (Å²) in [5, 5.41) is 0. The van der Waals surface area contributed by atoms with Gasteiger partial charge in [0, 0.05) is 18.0 Å². The predicted molar refractivity (Wildman–Crippen MR) is 83.1 cm³/mol. The number of thiophene rings is 1. The molecule has 0 atom stereocenters. The van der Waals surface area contributed by atoms with E-state index in [1.807, 2.05) is 0 Å². The van der Waals surface area contributed by atoms with Gasteiger partial charge in [-0.25, -0.2) is 13.1 Å². The predicted octanol–water partition coefficient (Wildman–Crippen LogP) is 2.70. The van der Waals surface area contributed by atoms with Crippen molar-refractivity contribution in [2.24, 2.45) is 17.6 Å². The molecule has 0 radical (unpaired) electrons. The summed E-state index contributed by atoms with van der Waals surface area (Å²) in [5.74, 6) is 1.33. The van der Waals surface area contributed by atoms with Gasteiger partial charge in [0.2, 0.25) is 10.0 Å². The van der Waals surface area contributed by atoms with Crippen LogP contribution in [0.15, 0.2) is 16.3 Å². The highest BCUT2D eigenvalue weighted by Crippen LogP contribution is 2.30. The van der Waals surface area contributed by atoms with Crippen LogP contribution in [0.2, 0.25) is 0 Å². The van der Waals surface area contributed by atoms with E-state index in [4.69, 9.17) is 5.73 Å². The Bertz CT molecular complexity index is 517. The Labute approximate surface area is 125 Å². The molecule has 0 aliphatic heterocycles. The van der Waals surface area contributed by atoms with E-state index in [9.17, 15) is 8.42 Å². The van der Waals surface area contributed by atoms with Gasteiger partial charge in [-0.05, 0) is 36.8 Å². The number of rotatable bonds is 6. The quantitative estimate of drug-likeness (QED) is 0.847. The van der Waals surface area contributed by atoms with Gasteiger partial charge in [0.1, 0.15) is 4.21 Å². The Hall–Kier alpha value is -0.430. The summed E-state index contributed by atoms with van der Waals surface area (Å²) in [6.07, 6.45) is 5.99. The molecule has 3 N–H and O–H groups in total. The fourth-order valence-corrected chi connectivity index (χ4v) is 5.15. The zero-order valence-electron chi connectivity index (χ0n) is 12.0. The number of hydrogen-bond donors (Lipinski definition) is 2. The Morgan fingerprint density at radius 3 is 2.45 bits per heavy atom. The number of sulfonamides is 1. The number of hydrogen-bond acceptors (Lipinski definition) is 4. The highest BCUT2D eigenvalue weighted by Gasteiger charge is 2.23. The van der Waals surface area contributed by atoms with E-state index in [-0.39, 0.29) is 0 Å². The zero-order valence-corrected chi connectivity index (χ0v) is 13.6. The molecular weight excluding hydrogens is 292 g/mol. The minimum atomic E-state index is -3.36. The summed E-state index contributed by atoms with van der Waals surface area (Å²) in [7, 11) is -3.36. The van der Waals surface area contributed by atoms with Crippen LogP contribution >= 0.6 is 11.3 Å². The van der Waals surface area contributed by atoms with E-state index in [0.717, 1.165) is 23.6 Å². The molecule has 0 amide bonds. The van der Waals surface area contributed by atoms with Crippen LogP contribution in [0.25, 0.3) is 0 Å². The van der Waals surface area contributed by atoms with Crippen LogP contribution in [0.5, 0.6) is 0 Å². The van der Waals surface area contributed by atoms with Crippen LogP contribution in [-0.2, 0) is 16.6 Å². The van der Waals surface area contributed by atoms with Crippen molar-refractivity contribution in [2.45, 2.75) is 49.8 Å². The first kappa shape index (κ1) is 15.9. The lowest BCUT2D eigenvalue weighted by Crippen LogP contribution is -2.30. The molecule has 1 heterocycles. The van der Waals surface area contributed by atoms with Gasteiger partial charge in [0.15, 0.2) is 0 Å². The first-order chi connectivity index (χ1) is 9.55. The first-order valence-electron chi connectivity index (χ1n) is 7.33. The summed E-state index contributed by atoms with van der Waals surface area (Å²) in [6.45, 7) is 3.19. The van der Waals surface area contributed by atoms with Gasteiger partial charge in [-0.15, -0.1) is 11.3 Å². The van der Waals surface area contributed by atoms with Gasteiger partial charge in [-0.1, -0.05) is 26.2 Å². The Balaban J connectivity index is 1.87. The van der Waals surface area contributed by atoms with Crippen molar-refractivity contribution < 1.29 is 8.42 Å². The molecule has 0 saturated heterocycles. The fraction of sp³-hybridized carbons (Fsp3) is 0.714. The van der Waals surface area contributed by atoms with Crippen molar-refractivity contribution in [3.63, 3.8) is 0 Å². The first-order valence-corrected chi connectivity index (χ1v) is 9.63. The molecule has 1 saturated carbocycles. The summed E-state index contributed by atoms with van der Waals surface area (Å²) < 4.78 is 27.5.